The number of hydrogen-bond donors (Lipinski definition) is 1. The fourth-order valence-corrected chi connectivity index (χ4v) is 2.67. The Morgan fingerprint density at radius 3 is 2.57 bits per heavy atom. The summed E-state index contributed by atoms with van der Waals surface area (Å²) in [5, 5.41) is 9.14. The molecule has 1 aliphatic rings. The highest BCUT2D eigenvalue weighted by Crippen LogP contribution is 2.16. The van der Waals surface area contributed by atoms with Gasteiger partial charge in [-0.3, -0.25) is 19.2 Å². The van der Waals surface area contributed by atoms with Gasteiger partial charge in [-0.1, -0.05) is 6.92 Å². The van der Waals surface area contributed by atoms with Crippen LogP contribution >= 0.6 is 0 Å². The lowest BCUT2D eigenvalue weighted by molar-refractivity contribution is -0.144. The Labute approximate surface area is 122 Å². The van der Waals surface area contributed by atoms with E-state index in [0.717, 1.165) is 4.57 Å². The molecule has 0 spiro atoms. The van der Waals surface area contributed by atoms with E-state index in [2.05, 4.69) is 4.98 Å². The molecule has 8 heteroatoms. The molecule has 1 aromatic heterocycles. The van der Waals surface area contributed by atoms with Crippen LogP contribution in [0, 0.1) is 0 Å². The molecule has 6 nitrogen and oxygen atoms in total. The second-order valence-electron chi connectivity index (χ2n) is 5.10. The number of alkyl halides is 2. The first-order chi connectivity index (χ1) is 10.0. The molecule has 1 atom stereocenters. The van der Waals surface area contributed by atoms with Gasteiger partial charge in [0, 0.05) is 38.6 Å². The second kappa shape index (κ2) is 6.95. The zero-order valence-corrected chi connectivity index (χ0v) is 12.0. The highest BCUT2D eigenvalue weighted by atomic mass is 19.3. The summed E-state index contributed by atoms with van der Waals surface area (Å²) >= 11 is 0. The third-order valence-corrected chi connectivity index (χ3v) is 3.84. The maximum atomic E-state index is 12.7. The standard InChI is InChI=1S/C13H20F2N4O2/c1-2-10(12(20)21)18-7-5-17(6-8-18)9-11-16-3-4-19(11)13(14)15/h3-4,10,13H,2,5-9H2,1H3,(H,20,21). The number of rotatable bonds is 6. The minimum atomic E-state index is -2.58. The van der Waals surface area contributed by atoms with Gasteiger partial charge in [-0.15, -0.1) is 0 Å². The molecule has 0 amide bonds. The number of carbonyl (C=O) groups is 1. The van der Waals surface area contributed by atoms with Gasteiger partial charge in [0.1, 0.15) is 11.9 Å². The van der Waals surface area contributed by atoms with E-state index in [1.54, 1.807) is 0 Å². The highest BCUT2D eigenvalue weighted by Gasteiger charge is 2.27. The van der Waals surface area contributed by atoms with Crippen LogP contribution in [-0.2, 0) is 11.3 Å². The average molecular weight is 302 g/mol. The van der Waals surface area contributed by atoms with Gasteiger partial charge in [0.15, 0.2) is 0 Å². The SMILES string of the molecule is CCC(C(=O)O)N1CCN(Cc2nccn2C(F)F)CC1. The topological polar surface area (TPSA) is 61.6 Å². The molecule has 0 aromatic carbocycles. The first-order valence-corrected chi connectivity index (χ1v) is 7.02. The first kappa shape index (κ1) is 15.8. The third-order valence-electron chi connectivity index (χ3n) is 3.84. The maximum absolute atomic E-state index is 12.7. The molecule has 1 N–H and O–H groups in total. The van der Waals surface area contributed by atoms with Gasteiger partial charge in [0.2, 0.25) is 0 Å². The Morgan fingerprint density at radius 1 is 1.38 bits per heavy atom. The van der Waals surface area contributed by atoms with Crippen molar-refractivity contribution in [2.24, 2.45) is 0 Å². The van der Waals surface area contributed by atoms with Crippen molar-refractivity contribution < 1.29 is 18.7 Å². The van der Waals surface area contributed by atoms with E-state index in [4.69, 9.17) is 5.11 Å². The zero-order valence-electron chi connectivity index (χ0n) is 12.0. The molecular weight excluding hydrogens is 282 g/mol. The molecular formula is C13H20F2N4O2. The number of hydrogen-bond acceptors (Lipinski definition) is 4. The minimum absolute atomic E-state index is 0.337. The minimum Gasteiger partial charge on any atom is -0.480 e. The van der Waals surface area contributed by atoms with Crippen LogP contribution in [0.5, 0.6) is 0 Å². The van der Waals surface area contributed by atoms with Crippen molar-refractivity contribution >= 4 is 5.97 Å². The van der Waals surface area contributed by atoms with E-state index in [0.29, 0.717) is 45.0 Å². The van der Waals surface area contributed by atoms with E-state index in [1.807, 2.05) is 16.7 Å². The number of imidazole rings is 1. The van der Waals surface area contributed by atoms with Crippen molar-refractivity contribution in [3.63, 3.8) is 0 Å². The van der Waals surface area contributed by atoms with Gasteiger partial charge < -0.3 is 5.11 Å². The van der Waals surface area contributed by atoms with Crippen LogP contribution in [-0.4, -0.2) is 62.6 Å². The smallest absolute Gasteiger partial charge is 0.320 e. The molecule has 0 saturated carbocycles. The number of aromatic nitrogens is 2. The Hall–Kier alpha value is -1.54. The molecule has 1 fully saturated rings. The zero-order chi connectivity index (χ0) is 15.4. The van der Waals surface area contributed by atoms with Crippen molar-refractivity contribution in [3.8, 4) is 0 Å². The quantitative estimate of drug-likeness (QED) is 0.857. The van der Waals surface area contributed by atoms with Gasteiger partial charge >= 0.3 is 12.5 Å². The van der Waals surface area contributed by atoms with Crippen molar-refractivity contribution in [2.75, 3.05) is 26.2 Å². The summed E-state index contributed by atoms with van der Waals surface area (Å²) < 4.78 is 26.4. The lowest BCUT2D eigenvalue weighted by Gasteiger charge is -2.37. The third kappa shape index (κ3) is 3.76. The fraction of sp³-hybridized carbons (Fsp3) is 0.692. The highest BCUT2D eigenvalue weighted by molar-refractivity contribution is 5.73. The normalized spacial score (nSPS) is 19.0. The summed E-state index contributed by atoms with van der Waals surface area (Å²) in [6, 6.07) is -0.463. The Morgan fingerprint density at radius 2 is 2.05 bits per heavy atom. The lowest BCUT2D eigenvalue weighted by atomic mass is 10.1. The molecule has 1 saturated heterocycles. The number of nitrogens with zero attached hydrogens (tertiary/aromatic N) is 4. The molecule has 2 heterocycles. The van der Waals surface area contributed by atoms with E-state index in [1.165, 1.54) is 12.4 Å². The predicted octanol–water partition coefficient (Wildman–Crippen LogP) is 1.26. The van der Waals surface area contributed by atoms with Gasteiger partial charge in [0.25, 0.3) is 0 Å². The Bertz CT molecular complexity index is 472. The summed E-state index contributed by atoms with van der Waals surface area (Å²) in [6.45, 7) is 2.18. The lowest BCUT2D eigenvalue weighted by Crippen LogP contribution is -2.52. The van der Waals surface area contributed by atoms with Crippen LogP contribution in [0.2, 0.25) is 0 Å². The number of carboxylic acids is 1. The molecule has 1 aliphatic heterocycles. The van der Waals surface area contributed by atoms with Crippen LogP contribution in [0.3, 0.4) is 0 Å². The second-order valence-corrected chi connectivity index (χ2v) is 5.10. The summed E-state index contributed by atoms with van der Waals surface area (Å²) in [4.78, 5) is 19.0. The monoisotopic (exact) mass is 302 g/mol. The number of piperazine rings is 1. The van der Waals surface area contributed by atoms with E-state index in [9.17, 15) is 13.6 Å². The van der Waals surface area contributed by atoms with Crippen LogP contribution < -0.4 is 0 Å². The number of carboxylic acid groups (broad SMARTS) is 1. The Balaban J connectivity index is 1.89. The summed E-state index contributed by atoms with van der Waals surface area (Å²) in [5.74, 6) is -0.470. The summed E-state index contributed by atoms with van der Waals surface area (Å²) in [5.41, 5.74) is 0. The fourth-order valence-electron chi connectivity index (χ4n) is 2.67. The van der Waals surface area contributed by atoms with Crippen LogP contribution in [0.1, 0.15) is 25.7 Å². The molecule has 0 bridgehead atoms. The van der Waals surface area contributed by atoms with Gasteiger partial charge in [-0.25, -0.2) is 4.98 Å². The van der Waals surface area contributed by atoms with Gasteiger partial charge in [-0.2, -0.15) is 8.78 Å². The maximum Gasteiger partial charge on any atom is 0.320 e. The predicted molar refractivity (Wildman–Crippen MR) is 72.0 cm³/mol. The molecule has 118 valence electrons. The van der Waals surface area contributed by atoms with Crippen LogP contribution in [0.25, 0.3) is 0 Å². The summed E-state index contributed by atoms with van der Waals surface area (Å²) in [6.07, 6.45) is 3.20. The molecule has 21 heavy (non-hydrogen) atoms. The van der Waals surface area contributed by atoms with Crippen molar-refractivity contribution in [3.05, 3.63) is 18.2 Å². The van der Waals surface area contributed by atoms with Crippen LogP contribution in [0.15, 0.2) is 12.4 Å². The van der Waals surface area contributed by atoms with E-state index < -0.39 is 18.6 Å². The Kier molecular flexibility index (Phi) is 5.24. The molecule has 0 aliphatic carbocycles. The molecule has 1 aromatic rings. The van der Waals surface area contributed by atoms with Gasteiger partial charge in [0.05, 0.1) is 6.54 Å². The van der Waals surface area contributed by atoms with Crippen molar-refractivity contribution in [1.29, 1.82) is 0 Å². The van der Waals surface area contributed by atoms with Crippen molar-refractivity contribution in [2.45, 2.75) is 32.5 Å². The average Bonchev–Trinajstić information content (AvgIpc) is 2.89. The molecule has 2 rings (SSSR count). The largest absolute Gasteiger partial charge is 0.480 e. The molecule has 0 radical (unpaired) electrons. The van der Waals surface area contributed by atoms with Crippen molar-refractivity contribution in [1.82, 2.24) is 19.4 Å². The van der Waals surface area contributed by atoms with E-state index in [-0.39, 0.29) is 0 Å². The number of aliphatic carboxylic acids is 1. The van der Waals surface area contributed by atoms with Crippen LogP contribution in [0.4, 0.5) is 8.78 Å². The van der Waals surface area contributed by atoms with Gasteiger partial charge in [-0.05, 0) is 6.42 Å². The van der Waals surface area contributed by atoms with E-state index >= 15 is 0 Å². The summed E-state index contributed by atoms with van der Waals surface area (Å²) in [7, 11) is 0. The first-order valence-electron chi connectivity index (χ1n) is 7.02. The molecule has 1 unspecified atom stereocenters. The number of halogens is 2.